The molecule has 1 heterocycles. The van der Waals surface area contributed by atoms with Gasteiger partial charge in [0.2, 0.25) is 5.89 Å². The number of aromatic nitrogens is 2. The Morgan fingerprint density at radius 1 is 1.41 bits per heavy atom. The number of carboxylic acid groups (broad SMARTS) is 1. The van der Waals surface area contributed by atoms with Crippen LogP contribution in [0.1, 0.15) is 0 Å². The molecule has 1 aromatic heterocycles. The van der Waals surface area contributed by atoms with Crippen LogP contribution in [0.3, 0.4) is 0 Å². The predicted octanol–water partition coefficient (Wildman–Crippen LogP) is 2.68. The summed E-state index contributed by atoms with van der Waals surface area (Å²) in [6, 6.07) is 7.44. The van der Waals surface area contributed by atoms with Crippen LogP contribution in [-0.4, -0.2) is 27.0 Å². The second-order valence-electron chi connectivity index (χ2n) is 3.04. The minimum absolute atomic E-state index is 0.0996. The maximum absolute atomic E-state index is 10.4. The molecule has 2 aromatic rings. The third-order valence-corrected chi connectivity index (χ3v) is 3.32. The molecule has 0 aliphatic carbocycles. The van der Waals surface area contributed by atoms with E-state index in [1.165, 1.54) is 0 Å². The van der Waals surface area contributed by atoms with Crippen molar-refractivity contribution in [2.75, 3.05) is 5.75 Å². The van der Waals surface area contributed by atoms with Gasteiger partial charge in [-0.3, -0.25) is 4.79 Å². The van der Waals surface area contributed by atoms with Gasteiger partial charge in [0.05, 0.1) is 5.56 Å². The smallest absolute Gasteiger partial charge is 0.314 e. The Balaban J connectivity index is 2.18. The standard InChI is InChI=1S/C10H7BrN2O3S/c11-7-4-2-1-3-6(7)9-12-13-10(16-9)17-5-8(14)15/h1-4H,5H2,(H,14,15). The lowest BCUT2D eigenvalue weighted by atomic mass is 10.2. The SMILES string of the molecule is O=C(O)CSc1nnc(-c2ccccc2Br)o1. The summed E-state index contributed by atoms with van der Waals surface area (Å²) in [5, 5.41) is 16.4. The van der Waals surface area contributed by atoms with Crippen molar-refractivity contribution in [1.29, 1.82) is 0 Å². The first-order valence-corrected chi connectivity index (χ1v) is 6.37. The summed E-state index contributed by atoms with van der Waals surface area (Å²) >= 11 is 4.37. The Bertz CT molecular complexity index is 544. The van der Waals surface area contributed by atoms with Crippen LogP contribution in [0.25, 0.3) is 11.5 Å². The number of benzene rings is 1. The number of carboxylic acids is 1. The van der Waals surface area contributed by atoms with E-state index >= 15 is 0 Å². The molecule has 7 heteroatoms. The number of halogens is 1. The van der Waals surface area contributed by atoms with Gasteiger partial charge in [-0.2, -0.15) is 0 Å². The van der Waals surface area contributed by atoms with E-state index in [0.717, 1.165) is 21.8 Å². The lowest BCUT2D eigenvalue weighted by molar-refractivity contribution is -0.133. The molecule has 0 bridgehead atoms. The highest BCUT2D eigenvalue weighted by Crippen LogP contribution is 2.28. The Kier molecular flexibility index (Phi) is 3.80. The molecular formula is C10H7BrN2O3S. The largest absolute Gasteiger partial charge is 0.481 e. The summed E-state index contributed by atoms with van der Waals surface area (Å²) in [4.78, 5) is 10.4. The molecule has 0 spiro atoms. The van der Waals surface area contributed by atoms with Crippen LogP contribution in [0, 0.1) is 0 Å². The van der Waals surface area contributed by atoms with Crippen LogP contribution in [-0.2, 0) is 4.79 Å². The molecule has 0 saturated carbocycles. The molecule has 0 fully saturated rings. The van der Waals surface area contributed by atoms with E-state index in [-0.39, 0.29) is 11.0 Å². The minimum atomic E-state index is -0.921. The van der Waals surface area contributed by atoms with Crippen molar-refractivity contribution < 1.29 is 14.3 Å². The van der Waals surface area contributed by atoms with Gasteiger partial charge >= 0.3 is 5.97 Å². The predicted molar refractivity (Wildman–Crippen MR) is 65.8 cm³/mol. The zero-order valence-electron chi connectivity index (χ0n) is 8.46. The van der Waals surface area contributed by atoms with Gasteiger partial charge in [0, 0.05) is 4.47 Å². The molecule has 0 radical (unpaired) electrons. The first kappa shape index (κ1) is 12.1. The molecule has 0 saturated heterocycles. The van der Waals surface area contributed by atoms with E-state index in [4.69, 9.17) is 9.52 Å². The van der Waals surface area contributed by atoms with Crippen molar-refractivity contribution in [2.24, 2.45) is 0 Å². The zero-order valence-corrected chi connectivity index (χ0v) is 10.9. The van der Waals surface area contributed by atoms with E-state index in [2.05, 4.69) is 26.1 Å². The third-order valence-electron chi connectivity index (χ3n) is 1.83. The summed E-state index contributed by atoms with van der Waals surface area (Å²) in [6.07, 6.45) is 0. The van der Waals surface area contributed by atoms with E-state index in [1.807, 2.05) is 24.3 Å². The normalized spacial score (nSPS) is 10.4. The van der Waals surface area contributed by atoms with Crippen molar-refractivity contribution in [2.45, 2.75) is 5.22 Å². The highest BCUT2D eigenvalue weighted by Gasteiger charge is 2.12. The van der Waals surface area contributed by atoms with Gasteiger partial charge in [0.25, 0.3) is 5.22 Å². The van der Waals surface area contributed by atoms with Crippen molar-refractivity contribution in [3.63, 3.8) is 0 Å². The zero-order chi connectivity index (χ0) is 12.3. The molecule has 17 heavy (non-hydrogen) atoms. The van der Waals surface area contributed by atoms with Crippen LogP contribution < -0.4 is 0 Å². The molecule has 0 aliphatic rings. The summed E-state index contributed by atoms with van der Waals surface area (Å²) in [6.45, 7) is 0. The van der Waals surface area contributed by atoms with Gasteiger partial charge in [0.1, 0.15) is 5.75 Å². The summed E-state index contributed by atoms with van der Waals surface area (Å²) < 4.78 is 6.19. The molecule has 0 aliphatic heterocycles. The van der Waals surface area contributed by atoms with Gasteiger partial charge in [-0.05, 0) is 28.1 Å². The van der Waals surface area contributed by atoms with Crippen LogP contribution in [0.15, 0.2) is 38.4 Å². The molecule has 5 nitrogen and oxygen atoms in total. The fourth-order valence-electron chi connectivity index (χ4n) is 1.14. The van der Waals surface area contributed by atoms with Crippen molar-refractivity contribution in [3.8, 4) is 11.5 Å². The Morgan fingerprint density at radius 3 is 2.88 bits per heavy atom. The van der Waals surface area contributed by atoms with E-state index in [0.29, 0.717) is 5.89 Å². The topological polar surface area (TPSA) is 76.2 Å². The minimum Gasteiger partial charge on any atom is -0.481 e. The van der Waals surface area contributed by atoms with E-state index in [9.17, 15) is 4.79 Å². The number of hydrogen-bond donors (Lipinski definition) is 1. The Hall–Kier alpha value is -1.34. The Labute approximate surface area is 109 Å². The average molecular weight is 315 g/mol. The first-order valence-electron chi connectivity index (χ1n) is 4.60. The van der Waals surface area contributed by atoms with Crippen LogP contribution >= 0.6 is 27.7 Å². The van der Waals surface area contributed by atoms with Gasteiger partial charge in [-0.25, -0.2) is 0 Å². The average Bonchev–Trinajstić information content (AvgIpc) is 2.75. The number of rotatable bonds is 4. The van der Waals surface area contributed by atoms with Gasteiger partial charge < -0.3 is 9.52 Å². The summed E-state index contributed by atoms with van der Waals surface area (Å²) in [5.41, 5.74) is 0.780. The monoisotopic (exact) mass is 314 g/mol. The highest BCUT2D eigenvalue weighted by atomic mass is 79.9. The van der Waals surface area contributed by atoms with E-state index in [1.54, 1.807) is 0 Å². The molecule has 0 amide bonds. The van der Waals surface area contributed by atoms with Crippen molar-refractivity contribution in [3.05, 3.63) is 28.7 Å². The molecule has 0 unspecified atom stereocenters. The Morgan fingerprint density at radius 2 is 2.18 bits per heavy atom. The fourth-order valence-corrected chi connectivity index (χ4v) is 2.07. The fraction of sp³-hybridized carbons (Fsp3) is 0.100. The van der Waals surface area contributed by atoms with Gasteiger partial charge in [-0.15, -0.1) is 10.2 Å². The lowest BCUT2D eigenvalue weighted by Crippen LogP contribution is -1.97. The summed E-state index contributed by atoms with van der Waals surface area (Å²) in [7, 11) is 0. The lowest BCUT2D eigenvalue weighted by Gasteiger charge is -1.96. The molecule has 2 rings (SSSR count). The first-order chi connectivity index (χ1) is 8.16. The van der Waals surface area contributed by atoms with E-state index < -0.39 is 5.97 Å². The second-order valence-corrected chi connectivity index (χ2v) is 4.82. The number of aliphatic carboxylic acids is 1. The van der Waals surface area contributed by atoms with Crippen LogP contribution in [0.5, 0.6) is 0 Å². The quantitative estimate of drug-likeness (QED) is 0.874. The molecule has 0 atom stereocenters. The van der Waals surface area contributed by atoms with Crippen molar-refractivity contribution >= 4 is 33.7 Å². The maximum atomic E-state index is 10.4. The molecule has 88 valence electrons. The van der Waals surface area contributed by atoms with Crippen molar-refractivity contribution in [1.82, 2.24) is 10.2 Å². The highest BCUT2D eigenvalue weighted by molar-refractivity contribution is 9.10. The molecule has 1 aromatic carbocycles. The van der Waals surface area contributed by atoms with Gasteiger partial charge in [0.15, 0.2) is 0 Å². The number of hydrogen-bond acceptors (Lipinski definition) is 5. The molecular weight excluding hydrogens is 308 g/mol. The van der Waals surface area contributed by atoms with Crippen LogP contribution in [0.4, 0.5) is 0 Å². The third kappa shape index (κ3) is 3.07. The maximum Gasteiger partial charge on any atom is 0.314 e. The second kappa shape index (κ2) is 5.33. The number of nitrogens with zero attached hydrogens (tertiary/aromatic N) is 2. The number of carbonyl (C=O) groups is 1. The number of thioether (sulfide) groups is 1. The van der Waals surface area contributed by atoms with Crippen LogP contribution in [0.2, 0.25) is 0 Å². The summed E-state index contributed by atoms with van der Waals surface area (Å²) in [5.74, 6) is -0.654. The molecule has 1 N–H and O–H groups in total. The van der Waals surface area contributed by atoms with Gasteiger partial charge in [-0.1, -0.05) is 23.9 Å².